The summed E-state index contributed by atoms with van der Waals surface area (Å²) >= 11 is 0. The summed E-state index contributed by atoms with van der Waals surface area (Å²) in [7, 11) is 0. The van der Waals surface area contributed by atoms with Gasteiger partial charge in [0.15, 0.2) is 0 Å². The molecule has 0 aromatic heterocycles. The predicted molar refractivity (Wildman–Crippen MR) is 64.5 cm³/mol. The zero-order valence-electron chi connectivity index (χ0n) is 10.5. The summed E-state index contributed by atoms with van der Waals surface area (Å²) in [4.78, 5) is 21.8. The van der Waals surface area contributed by atoms with Gasteiger partial charge in [-0.05, 0) is 32.1 Å². The average molecular weight is 242 g/mol. The second-order valence-corrected chi connectivity index (χ2v) is 4.39. The first kappa shape index (κ1) is 14.0. The van der Waals surface area contributed by atoms with E-state index in [4.69, 9.17) is 4.74 Å². The van der Waals surface area contributed by atoms with Gasteiger partial charge < -0.3 is 15.4 Å². The summed E-state index contributed by atoms with van der Waals surface area (Å²) < 4.78 is 5.51. The number of unbranched alkanes of at least 4 members (excludes halogenated alkanes) is 1. The smallest absolute Gasteiger partial charge is 0.239 e. The molecular weight excluding hydrogens is 220 g/mol. The maximum Gasteiger partial charge on any atom is 0.239 e. The standard InChI is InChI=1S/C12H22N2O3/c1-10(15)14-9-12(16)13-7-3-2-5-11-6-4-8-17-11/h11H,2-9H2,1H3,(H,13,16)(H,14,15)/t11-/m0/s1. The van der Waals surface area contributed by atoms with Crippen LogP contribution in [-0.4, -0.2) is 37.6 Å². The fourth-order valence-electron chi connectivity index (χ4n) is 1.86. The van der Waals surface area contributed by atoms with Crippen LogP contribution in [0.5, 0.6) is 0 Å². The van der Waals surface area contributed by atoms with E-state index in [1.54, 1.807) is 0 Å². The molecule has 0 spiro atoms. The lowest BCUT2D eigenvalue weighted by atomic mass is 10.1. The van der Waals surface area contributed by atoms with Crippen LogP contribution in [0.15, 0.2) is 0 Å². The lowest BCUT2D eigenvalue weighted by Gasteiger charge is -2.09. The molecule has 1 aliphatic rings. The van der Waals surface area contributed by atoms with Crippen LogP contribution in [0, 0.1) is 0 Å². The van der Waals surface area contributed by atoms with Crippen molar-refractivity contribution in [2.75, 3.05) is 19.7 Å². The first-order valence-corrected chi connectivity index (χ1v) is 6.31. The third-order valence-corrected chi connectivity index (χ3v) is 2.80. The Labute approximate surface area is 102 Å². The van der Waals surface area contributed by atoms with Gasteiger partial charge in [0.2, 0.25) is 11.8 Å². The van der Waals surface area contributed by atoms with E-state index < -0.39 is 0 Å². The molecule has 0 saturated carbocycles. The highest BCUT2D eigenvalue weighted by Gasteiger charge is 2.14. The molecule has 1 saturated heterocycles. The fraction of sp³-hybridized carbons (Fsp3) is 0.833. The van der Waals surface area contributed by atoms with Gasteiger partial charge in [-0.15, -0.1) is 0 Å². The summed E-state index contributed by atoms with van der Waals surface area (Å²) in [5.41, 5.74) is 0. The quantitative estimate of drug-likeness (QED) is 0.642. The lowest BCUT2D eigenvalue weighted by molar-refractivity contribution is -0.125. The highest BCUT2D eigenvalue weighted by molar-refractivity contribution is 5.83. The Morgan fingerprint density at radius 2 is 2.12 bits per heavy atom. The van der Waals surface area contributed by atoms with Crippen molar-refractivity contribution >= 4 is 11.8 Å². The van der Waals surface area contributed by atoms with Crippen LogP contribution in [0.3, 0.4) is 0 Å². The average Bonchev–Trinajstić information content (AvgIpc) is 2.79. The third kappa shape index (κ3) is 6.94. The summed E-state index contributed by atoms with van der Waals surface area (Å²) in [6, 6.07) is 0. The van der Waals surface area contributed by atoms with Gasteiger partial charge in [-0.25, -0.2) is 0 Å². The fourth-order valence-corrected chi connectivity index (χ4v) is 1.86. The number of rotatable bonds is 7. The van der Waals surface area contributed by atoms with Crippen molar-refractivity contribution < 1.29 is 14.3 Å². The minimum absolute atomic E-state index is 0.0705. The number of hydrogen-bond donors (Lipinski definition) is 2. The number of carbonyl (C=O) groups is 2. The van der Waals surface area contributed by atoms with Crippen molar-refractivity contribution in [2.45, 2.75) is 45.1 Å². The van der Waals surface area contributed by atoms with Gasteiger partial charge in [0.05, 0.1) is 12.6 Å². The number of amides is 2. The van der Waals surface area contributed by atoms with Crippen molar-refractivity contribution in [3.63, 3.8) is 0 Å². The summed E-state index contributed by atoms with van der Waals surface area (Å²) in [6.45, 7) is 3.04. The molecule has 0 bridgehead atoms. The molecule has 2 amide bonds. The van der Waals surface area contributed by atoms with Gasteiger partial charge in [-0.2, -0.15) is 0 Å². The highest BCUT2D eigenvalue weighted by atomic mass is 16.5. The van der Waals surface area contributed by atoms with E-state index in [0.717, 1.165) is 25.9 Å². The number of ether oxygens (including phenoxy) is 1. The Morgan fingerprint density at radius 3 is 2.76 bits per heavy atom. The molecule has 2 N–H and O–H groups in total. The second kappa shape index (κ2) is 8.06. The summed E-state index contributed by atoms with van der Waals surface area (Å²) in [5, 5.41) is 5.23. The Hall–Kier alpha value is -1.10. The molecule has 5 heteroatoms. The zero-order valence-corrected chi connectivity index (χ0v) is 10.5. The molecule has 1 fully saturated rings. The molecule has 0 unspecified atom stereocenters. The van der Waals surface area contributed by atoms with Gasteiger partial charge in [-0.3, -0.25) is 9.59 Å². The Morgan fingerprint density at radius 1 is 1.29 bits per heavy atom. The molecule has 17 heavy (non-hydrogen) atoms. The summed E-state index contributed by atoms with van der Waals surface area (Å²) in [6.07, 6.45) is 5.91. The molecular formula is C12H22N2O3. The molecule has 1 aliphatic heterocycles. The van der Waals surface area contributed by atoms with Crippen LogP contribution >= 0.6 is 0 Å². The Balaban J connectivity index is 1.89. The number of carbonyl (C=O) groups excluding carboxylic acids is 2. The van der Waals surface area contributed by atoms with Gasteiger partial charge in [0, 0.05) is 20.1 Å². The molecule has 98 valence electrons. The zero-order chi connectivity index (χ0) is 12.5. The lowest BCUT2D eigenvalue weighted by Crippen LogP contribution is -2.36. The van der Waals surface area contributed by atoms with Crippen molar-refractivity contribution in [3.05, 3.63) is 0 Å². The van der Waals surface area contributed by atoms with Crippen LogP contribution in [0.25, 0.3) is 0 Å². The van der Waals surface area contributed by atoms with Crippen LogP contribution in [-0.2, 0) is 14.3 Å². The molecule has 1 heterocycles. The highest BCUT2D eigenvalue weighted by Crippen LogP contribution is 2.17. The van der Waals surface area contributed by atoms with Crippen LogP contribution in [0.1, 0.15) is 39.0 Å². The first-order valence-electron chi connectivity index (χ1n) is 6.31. The van der Waals surface area contributed by atoms with Gasteiger partial charge in [0.1, 0.15) is 0 Å². The molecule has 0 aromatic rings. The van der Waals surface area contributed by atoms with E-state index in [0.29, 0.717) is 12.6 Å². The van der Waals surface area contributed by atoms with E-state index >= 15 is 0 Å². The minimum atomic E-state index is -0.182. The van der Waals surface area contributed by atoms with Crippen molar-refractivity contribution in [3.8, 4) is 0 Å². The topological polar surface area (TPSA) is 67.4 Å². The Kier molecular flexibility index (Phi) is 6.62. The van der Waals surface area contributed by atoms with Crippen LogP contribution < -0.4 is 10.6 Å². The van der Waals surface area contributed by atoms with Gasteiger partial charge in [0.25, 0.3) is 0 Å². The maximum atomic E-state index is 11.2. The molecule has 0 radical (unpaired) electrons. The molecule has 1 atom stereocenters. The summed E-state index contributed by atoms with van der Waals surface area (Å²) in [5.74, 6) is -0.309. The predicted octanol–water partition coefficient (Wildman–Crippen LogP) is 0.588. The Bertz CT molecular complexity index is 250. The van der Waals surface area contributed by atoms with E-state index in [9.17, 15) is 9.59 Å². The molecule has 0 aliphatic carbocycles. The number of hydrogen-bond acceptors (Lipinski definition) is 3. The van der Waals surface area contributed by atoms with E-state index in [-0.39, 0.29) is 18.4 Å². The van der Waals surface area contributed by atoms with Crippen molar-refractivity contribution in [1.82, 2.24) is 10.6 Å². The maximum absolute atomic E-state index is 11.2. The van der Waals surface area contributed by atoms with Crippen molar-refractivity contribution in [2.24, 2.45) is 0 Å². The number of nitrogens with one attached hydrogen (secondary N) is 2. The van der Waals surface area contributed by atoms with Crippen molar-refractivity contribution in [1.29, 1.82) is 0 Å². The monoisotopic (exact) mass is 242 g/mol. The van der Waals surface area contributed by atoms with E-state index in [2.05, 4.69) is 10.6 Å². The van der Waals surface area contributed by atoms with Gasteiger partial charge >= 0.3 is 0 Å². The molecule has 0 aromatic carbocycles. The van der Waals surface area contributed by atoms with Crippen LogP contribution in [0.2, 0.25) is 0 Å². The third-order valence-electron chi connectivity index (χ3n) is 2.80. The normalized spacial score (nSPS) is 19.0. The van der Waals surface area contributed by atoms with E-state index in [1.165, 1.54) is 19.8 Å². The SMILES string of the molecule is CC(=O)NCC(=O)NCCCC[C@H]1CCCO1. The van der Waals surface area contributed by atoms with Crippen LogP contribution in [0.4, 0.5) is 0 Å². The largest absolute Gasteiger partial charge is 0.378 e. The van der Waals surface area contributed by atoms with Gasteiger partial charge in [-0.1, -0.05) is 0 Å². The second-order valence-electron chi connectivity index (χ2n) is 4.39. The van der Waals surface area contributed by atoms with E-state index in [1.807, 2.05) is 0 Å². The minimum Gasteiger partial charge on any atom is -0.378 e. The molecule has 5 nitrogen and oxygen atoms in total. The first-order chi connectivity index (χ1) is 8.18. The molecule has 1 rings (SSSR count).